The van der Waals surface area contributed by atoms with Gasteiger partial charge in [0.15, 0.2) is 0 Å². The van der Waals surface area contributed by atoms with E-state index in [2.05, 4.69) is 31.4 Å². The highest BCUT2D eigenvalue weighted by atomic mass is 16.5. The van der Waals surface area contributed by atoms with E-state index in [1.165, 1.54) is 0 Å². The van der Waals surface area contributed by atoms with Gasteiger partial charge in [-0.15, -0.1) is 0 Å². The number of nitrogens with one attached hydrogen (secondary N) is 2. The third kappa shape index (κ3) is 5.49. The van der Waals surface area contributed by atoms with Crippen molar-refractivity contribution in [1.82, 2.24) is 10.6 Å². The predicted octanol–water partition coefficient (Wildman–Crippen LogP) is 2.09. The zero-order valence-corrected chi connectivity index (χ0v) is 12.8. The average molecular weight is 270 g/mol. The van der Waals surface area contributed by atoms with Gasteiger partial charge in [0, 0.05) is 13.2 Å². The second-order valence-corrected chi connectivity index (χ2v) is 5.91. The fourth-order valence-corrected chi connectivity index (χ4v) is 2.58. The molecule has 1 rings (SSSR count). The molecule has 2 N–H and O–H groups in total. The lowest BCUT2D eigenvalue weighted by molar-refractivity contribution is -0.127. The number of hydrogen-bond donors (Lipinski definition) is 2. The smallest absolute Gasteiger partial charge is 0.240 e. The summed E-state index contributed by atoms with van der Waals surface area (Å²) in [5.74, 6) is 0.824. The van der Waals surface area contributed by atoms with Crippen molar-refractivity contribution in [3.63, 3.8) is 0 Å². The van der Waals surface area contributed by atoms with Crippen molar-refractivity contribution in [3.8, 4) is 0 Å². The van der Waals surface area contributed by atoms with Crippen LogP contribution in [0.2, 0.25) is 0 Å². The van der Waals surface area contributed by atoms with Crippen LogP contribution in [0.5, 0.6) is 0 Å². The van der Waals surface area contributed by atoms with E-state index >= 15 is 0 Å². The minimum absolute atomic E-state index is 0.152. The van der Waals surface area contributed by atoms with Gasteiger partial charge in [-0.2, -0.15) is 0 Å². The largest absolute Gasteiger partial charge is 0.380 e. The molecule has 0 aliphatic carbocycles. The SMILES string of the molecule is CCCC1(C(=O)NCCOCCC(C)C)CCCN1. The van der Waals surface area contributed by atoms with Crippen molar-refractivity contribution in [3.05, 3.63) is 0 Å². The van der Waals surface area contributed by atoms with Crippen LogP contribution in [0.15, 0.2) is 0 Å². The highest BCUT2D eigenvalue weighted by molar-refractivity contribution is 5.86. The molecule has 0 bridgehead atoms. The van der Waals surface area contributed by atoms with Gasteiger partial charge in [0.25, 0.3) is 0 Å². The zero-order chi connectivity index (χ0) is 14.1. The van der Waals surface area contributed by atoms with Gasteiger partial charge in [0.1, 0.15) is 0 Å². The third-order valence-corrected chi connectivity index (χ3v) is 3.73. The van der Waals surface area contributed by atoms with Gasteiger partial charge >= 0.3 is 0 Å². The molecule has 0 aromatic heterocycles. The Hall–Kier alpha value is -0.610. The molecule has 4 nitrogen and oxygen atoms in total. The maximum atomic E-state index is 12.3. The molecular formula is C15H30N2O2. The van der Waals surface area contributed by atoms with Crippen molar-refractivity contribution in [1.29, 1.82) is 0 Å². The number of ether oxygens (including phenoxy) is 1. The molecule has 0 aromatic rings. The molecule has 1 heterocycles. The molecule has 19 heavy (non-hydrogen) atoms. The third-order valence-electron chi connectivity index (χ3n) is 3.73. The molecule has 1 saturated heterocycles. The number of rotatable bonds is 9. The summed E-state index contributed by atoms with van der Waals surface area (Å²) in [5.41, 5.74) is -0.313. The molecule has 1 atom stereocenters. The number of carbonyl (C=O) groups is 1. The van der Waals surface area contributed by atoms with E-state index in [1.54, 1.807) is 0 Å². The van der Waals surface area contributed by atoms with Gasteiger partial charge in [-0.3, -0.25) is 4.79 Å². The standard InChI is InChI=1S/C15H30N2O2/c1-4-7-15(8-5-9-17-15)14(18)16-10-12-19-11-6-13(2)3/h13,17H,4-12H2,1-3H3,(H,16,18). The van der Waals surface area contributed by atoms with Crippen molar-refractivity contribution in [2.75, 3.05) is 26.3 Å². The first kappa shape index (κ1) is 16.4. The molecule has 1 aliphatic heterocycles. The summed E-state index contributed by atoms with van der Waals surface area (Å²) in [5, 5.41) is 6.40. The fraction of sp³-hybridized carbons (Fsp3) is 0.933. The Bertz CT molecular complexity index is 261. The molecule has 1 fully saturated rings. The summed E-state index contributed by atoms with van der Waals surface area (Å²) >= 11 is 0. The van der Waals surface area contributed by atoms with E-state index in [9.17, 15) is 4.79 Å². The summed E-state index contributed by atoms with van der Waals surface area (Å²) in [6.07, 6.45) is 5.09. The summed E-state index contributed by atoms with van der Waals surface area (Å²) < 4.78 is 5.52. The van der Waals surface area contributed by atoms with Gasteiger partial charge in [-0.05, 0) is 38.1 Å². The Labute approximate surface area is 117 Å². The van der Waals surface area contributed by atoms with Crippen molar-refractivity contribution in [2.24, 2.45) is 5.92 Å². The van der Waals surface area contributed by atoms with Crippen LogP contribution in [0, 0.1) is 5.92 Å². The second-order valence-electron chi connectivity index (χ2n) is 5.91. The van der Waals surface area contributed by atoms with Crippen LogP contribution in [-0.4, -0.2) is 37.7 Å². The van der Waals surface area contributed by atoms with E-state index in [1.807, 2.05) is 0 Å². The Morgan fingerprint density at radius 2 is 2.21 bits per heavy atom. The molecule has 4 heteroatoms. The number of carbonyl (C=O) groups excluding carboxylic acids is 1. The van der Waals surface area contributed by atoms with E-state index in [0.717, 1.165) is 45.3 Å². The maximum absolute atomic E-state index is 12.3. The fourth-order valence-electron chi connectivity index (χ4n) is 2.58. The van der Waals surface area contributed by atoms with Gasteiger partial charge < -0.3 is 15.4 Å². The topological polar surface area (TPSA) is 50.4 Å². The molecule has 1 aliphatic rings. The van der Waals surface area contributed by atoms with E-state index in [0.29, 0.717) is 19.1 Å². The highest BCUT2D eigenvalue weighted by Gasteiger charge is 2.39. The van der Waals surface area contributed by atoms with Gasteiger partial charge in [-0.1, -0.05) is 27.2 Å². The lowest BCUT2D eigenvalue weighted by atomic mass is 9.91. The maximum Gasteiger partial charge on any atom is 0.240 e. The molecule has 0 spiro atoms. The van der Waals surface area contributed by atoms with Crippen LogP contribution >= 0.6 is 0 Å². The van der Waals surface area contributed by atoms with Crippen LogP contribution in [0.25, 0.3) is 0 Å². The Kier molecular flexibility index (Phi) is 7.39. The Balaban J connectivity index is 2.18. The van der Waals surface area contributed by atoms with Gasteiger partial charge in [0.05, 0.1) is 12.1 Å². The summed E-state index contributed by atoms with van der Waals surface area (Å²) in [7, 11) is 0. The molecule has 1 unspecified atom stereocenters. The van der Waals surface area contributed by atoms with Crippen LogP contribution in [0.4, 0.5) is 0 Å². The van der Waals surface area contributed by atoms with E-state index < -0.39 is 0 Å². The van der Waals surface area contributed by atoms with E-state index in [4.69, 9.17) is 4.74 Å². The lowest BCUT2D eigenvalue weighted by Crippen LogP contribution is -2.53. The number of hydrogen-bond acceptors (Lipinski definition) is 3. The first-order valence-corrected chi connectivity index (χ1v) is 7.72. The lowest BCUT2D eigenvalue weighted by Gasteiger charge is -2.27. The molecule has 0 aromatic carbocycles. The Morgan fingerprint density at radius 3 is 2.79 bits per heavy atom. The summed E-state index contributed by atoms with van der Waals surface area (Å²) in [4.78, 5) is 12.3. The van der Waals surface area contributed by atoms with Crippen LogP contribution in [0.3, 0.4) is 0 Å². The van der Waals surface area contributed by atoms with Crippen molar-refractivity contribution < 1.29 is 9.53 Å². The monoisotopic (exact) mass is 270 g/mol. The van der Waals surface area contributed by atoms with Crippen LogP contribution < -0.4 is 10.6 Å². The molecule has 0 saturated carbocycles. The quantitative estimate of drug-likeness (QED) is 0.631. The van der Waals surface area contributed by atoms with Crippen molar-refractivity contribution >= 4 is 5.91 Å². The van der Waals surface area contributed by atoms with Crippen LogP contribution in [-0.2, 0) is 9.53 Å². The summed E-state index contributed by atoms with van der Waals surface area (Å²) in [6, 6.07) is 0. The van der Waals surface area contributed by atoms with Crippen LogP contribution in [0.1, 0.15) is 52.9 Å². The molecule has 112 valence electrons. The van der Waals surface area contributed by atoms with Gasteiger partial charge in [-0.25, -0.2) is 0 Å². The Morgan fingerprint density at radius 1 is 1.42 bits per heavy atom. The first-order chi connectivity index (χ1) is 9.10. The minimum atomic E-state index is -0.313. The molecular weight excluding hydrogens is 240 g/mol. The zero-order valence-electron chi connectivity index (χ0n) is 12.8. The highest BCUT2D eigenvalue weighted by Crippen LogP contribution is 2.24. The van der Waals surface area contributed by atoms with E-state index in [-0.39, 0.29) is 11.4 Å². The molecule has 0 radical (unpaired) electrons. The number of amides is 1. The molecule has 1 amide bonds. The normalized spacial score (nSPS) is 22.9. The second kappa shape index (κ2) is 8.54. The van der Waals surface area contributed by atoms with Crippen molar-refractivity contribution in [2.45, 2.75) is 58.4 Å². The predicted molar refractivity (Wildman–Crippen MR) is 78.2 cm³/mol. The summed E-state index contributed by atoms with van der Waals surface area (Å²) in [6.45, 7) is 9.47. The van der Waals surface area contributed by atoms with Gasteiger partial charge in [0.2, 0.25) is 5.91 Å². The average Bonchev–Trinajstić information content (AvgIpc) is 2.83. The first-order valence-electron chi connectivity index (χ1n) is 7.72. The minimum Gasteiger partial charge on any atom is -0.380 e.